The standard InChI is InChI=1S/C11H20N2O3S2/c1-2-3-9(10(14)15)13-11(16)12-6-8-7-17-4-5-18-8/h8-9H,2-7H2,1H3,(H,14,15)(H2,12,13,16)/t8?,9-/m0/s1. The van der Waals surface area contributed by atoms with E-state index in [4.69, 9.17) is 5.11 Å². The molecule has 104 valence electrons. The maximum Gasteiger partial charge on any atom is 0.326 e. The van der Waals surface area contributed by atoms with Gasteiger partial charge in [0, 0.05) is 29.1 Å². The fraction of sp³-hybridized carbons (Fsp3) is 0.818. The zero-order chi connectivity index (χ0) is 13.4. The Balaban J connectivity index is 2.24. The number of urea groups is 1. The highest BCUT2D eigenvalue weighted by Crippen LogP contribution is 2.23. The van der Waals surface area contributed by atoms with Gasteiger partial charge < -0.3 is 15.7 Å². The average Bonchev–Trinajstić information content (AvgIpc) is 2.37. The van der Waals surface area contributed by atoms with Crippen molar-refractivity contribution in [1.29, 1.82) is 0 Å². The van der Waals surface area contributed by atoms with Crippen molar-refractivity contribution in [3.05, 3.63) is 0 Å². The van der Waals surface area contributed by atoms with Crippen LogP contribution >= 0.6 is 23.5 Å². The Bertz CT molecular complexity index is 283. The summed E-state index contributed by atoms with van der Waals surface area (Å²) in [5, 5.41) is 14.6. The molecule has 2 atom stereocenters. The molecule has 2 amide bonds. The number of hydrogen-bond acceptors (Lipinski definition) is 4. The Hall–Kier alpha value is -0.560. The SMILES string of the molecule is CCC[C@H](NC(=O)NCC1CSCCS1)C(=O)O. The summed E-state index contributed by atoms with van der Waals surface area (Å²) in [4.78, 5) is 22.5. The number of carbonyl (C=O) groups is 2. The molecule has 3 N–H and O–H groups in total. The third kappa shape index (κ3) is 5.86. The van der Waals surface area contributed by atoms with Gasteiger partial charge in [-0.3, -0.25) is 0 Å². The Kier molecular flexibility index (Phi) is 7.34. The number of amides is 2. The predicted molar refractivity (Wildman–Crippen MR) is 76.4 cm³/mol. The molecule has 0 aromatic rings. The van der Waals surface area contributed by atoms with Gasteiger partial charge in [-0.1, -0.05) is 13.3 Å². The summed E-state index contributed by atoms with van der Waals surface area (Å²) in [6.45, 7) is 2.49. The van der Waals surface area contributed by atoms with Crippen molar-refractivity contribution >= 4 is 35.5 Å². The third-order valence-electron chi connectivity index (χ3n) is 2.56. The first-order valence-electron chi connectivity index (χ1n) is 6.10. The molecule has 0 spiro atoms. The first-order chi connectivity index (χ1) is 8.63. The van der Waals surface area contributed by atoms with Crippen molar-refractivity contribution in [3.8, 4) is 0 Å². The fourth-order valence-electron chi connectivity index (χ4n) is 1.62. The van der Waals surface area contributed by atoms with Crippen molar-refractivity contribution in [2.45, 2.75) is 31.1 Å². The lowest BCUT2D eigenvalue weighted by Gasteiger charge is -2.22. The van der Waals surface area contributed by atoms with Crippen LogP contribution in [0.15, 0.2) is 0 Å². The Morgan fingerprint density at radius 1 is 1.44 bits per heavy atom. The zero-order valence-electron chi connectivity index (χ0n) is 10.5. The first kappa shape index (κ1) is 15.5. The van der Waals surface area contributed by atoms with Gasteiger partial charge in [0.25, 0.3) is 0 Å². The molecule has 18 heavy (non-hydrogen) atoms. The average molecular weight is 292 g/mol. The van der Waals surface area contributed by atoms with E-state index in [9.17, 15) is 9.59 Å². The largest absolute Gasteiger partial charge is 0.480 e. The maximum absolute atomic E-state index is 11.6. The summed E-state index contributed by atoms with van der Waals surface area (Å²) in [6.07, 6.45) is 1.18. The number of carboxylic acid groups (broad SMARTS) is 1. The summed E-state index contributed by atoms with van der Waals surface area (Å²) < 4.78 is 0. The molecule has 0 bridgehead atoms. The van der Waals surface area contributed by atoms with Crippen molar-refractivity contribution in [2.75, 3.05) is 23.8 Å². The molecule has 1 heterocycles. The van der Waals surface area contributed by atoms with Crippen molar-refractivity contribution in [1.82, 2.24) is 10.6 Å². The molecule has 0 radical (unpaired) electrons. The summed E-state index contributed by atoms with van der Waals surface area (Å²) in [7, 11) is 0. The van der Waals surface area contributed by atoms with Gasteiger partial charge in [0.1, 0.15) is 6.04 Å². The molecular formula is C11H20N2O3S2. The quantitative estimate of drug-likeness (QED) is 0.689. The van der Waals surface area contributed by atoms with Crippen LogP contribution in [0.5, 0.6) is 0 Å². The molecule has 1 fully saturated rings. The van der Waals surface area contributed by atoms with Crippen molar-refractivity contribution < 1.29 is 14.7 Å². The number of rotatable bonds is 6. The smallest absolute Gasteiger partial charge is 0.326 e. The number of carbonyl (C=O) groups excluding carboxylic acids is 1. The second-order valence-electron chi connectivity index (χ2n) is 4.10. The van der Waals surface area contributed by atoms with E-state index in [1.165, 1.54) is 5.75 Å². The van der Waals surface area contributed by atoms with Gasteiger partial charge in [-0.05, 0) is 6.42 Å². The molecule has 1 unspecified atom stereocenters. The van der Waals surface area contributed by atoms with Crippen LogP contribution in [0, 0.1) is 0 Å². The van der Waals surface area contributed by atoms with Gasteiger partial charge in [0.15, 0.2) is 0 Å². The lowest BCUT2D eigenvalue weighted by Crippen LogP contribution is -2.47. The van der Waals surface area contributed by atoms with Crippen LogP contribution in [0.2, 0.25) is 0 Å². The summed E-state index contributed by atoms with van der Waals surface area (Å²) >= 11 is 3.76. The van der Waals surface area contributed by atoms with Gasteiger partial charge in [-0.2, -0.15) is 23.5 Å². The lowest BCUT2D eigenvalue weighted by molar-refractivity contribution is -0.139. The zero-order valence-corrected chi connectivity index (χ0v) is 12.1. The van der Waals surface area contributed by atoms with Crippen LogP contribution in [0.1, 0.15) is 19.8 Å². The van der Waals surface area contributed by atoms with Crippen molar-refractivity contribution in [2.24, 2.45) is 0 Å². The third-order valence-corrected chi connectivity index (χ3v) is 5.40. The molecule has 1 saturated heterocycles. The van der Waals surface area contributed by atoms with E-state index in [-0.39, 0.29) is 6.03 Å². The maximum atomic E-state index is 11.6. The second kappa shape index (κ2) is 8.53. The molecule has 1 aliphatic rings. The van der Waals surface area contributed by atoms with Gasteiger partial charge in [-0.15, -0.1) is 0 Å². The van der Waals surface area contributed by atoms with Crippen LogP contribution in [0.25, 0.3) is 0 Å². The van der Waals surface area contributed by atoms with E-state index < -0.39 is 12.0 Å². The monoisotopic (exact) mass is 292 g/mol. The van der Waals surface area contributed by atoms with Crippen LogP contribution in [0.4, 0.5) is 4.79 Å². The minimum Gasteiger partial charge on any atom is -0.480 e. The molecule has 0 aromatic heterocycles. The van der Waals surface area contributed by atoms with Crippen LogP contribution < -0.4 is 10.6 Å². The molecule has 0 aliphatic carbocycles. The topological polar surface area (TPSA) is 78.4 Å². The molecule has 0 saturated carbocycles. The molecule has 0 aromatic carbocycles. The summed E-state index contributed by atoms with van der Waals surface area (Å²) in [5.41, 5.74) is 0. The molecule has 1 rings (SSSR count). The van der Waals surface area contributed by atoms with Gasteiger partial charge in [0.2, 0.25) is 0 Å². The normalized spacial score (nSPS) is 21.1. The predicted octanol–water partition coefficient (Wildman–Crippen LogP) is 1.39. The Labute approximate surface area is 116 Å². The van der Waals surface area contributed by atoms with Crippen LogP contribution in [0.3, 0.4) is 0 Å². The summed E-state index contributed by atoms with van der Waals surface area (Å²) in [6, 6.07) is -1.17. The van der Waals surface area contributed by atoms with Gasteiger partial charge in [-0.25, -0.2) is 9.59 Å². The molecular weight excluding hydrogens is 272 g/mol. The number of carboxylic acids is 1. The fourth-order valence-corrected chi connectivity index (χ4v) is 4.23. The number of nitrogens with one attached hydrogen (secondary N) is 2. The number of aliphatic carboxylic acids is 1. The number of hydrogen-bond donors (Lipinski definition) is 3. The molecule has 5 nitrogen and oxygen atoms in total. The van der Waals surface area contributed by atoms with Crippen LogP contribution in [-0.4, -0.2) is 52.2 Å². The number of thioether (sulfide) groups is 2. The highest BCUT2D eigenvalue weighted by Gasteiger charge is 2.20. The summed E-state index contributed by atoms with van der Waals surface area (Å²) in [5.74, 6) is 2.36. The van der Waals surface area contributed by atoms with Crippen molar-refractivity contribution in [3.63, 3.8) is 0 Å². The second-order valence-corrected chi connectivity index (χ2v) is 6.66. The Morgan fingerprint density at radius 2 is 2.22 bits per heavy atom. The minimum absolute atomic E-state index is 0.382. The van der Waals surface area contributed by atoms with E-state index in [1.54, 1.807) is 0 Å². The highest BCUT2D eigenvalue weighted by molar-refractivity contribution is 8.06. The van der Waals surface area contributed by atoms with Gasteiger partial charge >= 0.3 is 12.0 Å². The van der Waals surface area contributed by atoms with E-state index in [2.05, 4.69) is 10.6 Å². The highest BCUT2D eigenvalue weighted by atomic mass is 32.2. The van der Waals surface area contributed by atoms with Crippen LogP contribution in [-0.2, 0) is 4.79 Å². The lowest BCUT2D eigenvalue weighted by atomic mass is 10.2. The van der Waals surface area contributed by atoms with E-state index in [0.29, 0.717) is 18.2 Å². The van der Waals surface area contributed by atoms with E-state index >= 15 is 0 Å². The molecule has 1 aliphatic heterocycles. The van der Waals surface area contributed by atoms with E-state index in [1.807, 2.05) is 30.4 Å². The Morgan fingerprint density at radius 3 is 2.78 bits per heavy atom. The van der Waals surface area contributed by atoms with E-state index in [0.717, 1.165) is 17.9 Å². The van der Waals surface area contributed by atoms with Gasteiger partial charge in [0.05, 0.1) is 0 Å². The first-order valence-corrected chi connectivity index (χ1v) is 8.30. The minimum atomic E-state index is -0.977. The molecule has 7 heteroatoms.